The summed E-state index contributed by atoms with van der Waals surface area (Å²) in [4.78, 5) is 12.4. The second-order valence-corrected chi connectivity index (χ2v) is 5.86. The fourth-order valence-corrected chi connectivity index (χ4v) is 2.41. The molecule has 0 saturated carbocycles. The molecule has 1 N–H and O–H groups in total. The minimum absolute atomic E-state index is 0.149. The molecule has 1 aromatic carbocycles. The van der Waals surface area contributed by atoms with Gasteiger partial charge in [0, 0.05) is 16.2 Å². The van der Waals surface area contributed by atoms with Crippen LogP contribution in [0.3, 0.4) is 0 Å². The standard InChI is InChI=1S/C17H14BrFN4O2/c1-24-13-5-3-10(7-14(13)25-2)16-12(19)9-21-17(23-16)22-15-6-4-11(18)8-20-15/h3-9H,1-2H3,(H,20,21,22,23). The van der Waals surface area contributed by atoms with Crippen LogP contribution in [0.15, 0.2) is 47.2 Å². The van der Waals surface area contributed by atoms with Crippen molar-refractivity contribution < 1.29 is 13.9 Å². The van der Waals surface area contributed by atoms with E-state index in [1.165, 1.54) is 14.2 Å². The number of ether oxygens (including phenoxy) is 2. The Labute approximate surface area is 152 Å². The van der Waals surface area contributed by atoms with Gasteiger partial charge in [-0.15, -0.1) is 0 Å². The normalized spacial score (nSPS) is 10.4. The number of rotatable bonds is 5. The molecule has 0 amide bonds. The molecular formula is C17H14BrFN4O2. The maximum absolute atomic E-state index is 14.2. The Morgan fingerprint density at radius 1 is 1.00 bits per heavy atom. The first-order chi connectivity index (χ1) is 12.1. The summed E-state index contributed by atoms with van der Waals surface area (Å²) in [6, 6.07) is 8.64. The van der Waals surface area contributed by atoms with Crippen LogP contribution in [-0.4, -0.2) is 29.2 Å². The Kier molecular flexibility index (Phi) is 5.08. The smallest absolute Gasteiger partial charge is 0.229 e. The number of anilines is 2. The molecule has 8 heteroatoms. The molecule has 0 atom stereocenters. The fourth-order valence-electron chi connectivity index (χ4n) is 2.18. The Balaban J connectivity index is 1.95. The molecule has 0 spiro atoms. The van der Waals surface area contributed by atoms with E-state index in [2.05, 4.69) is 36.2 Å². The van der Waals surface area contributed by atoms with E-state index < -0.39 is 5.82 Å². The Bertz CT molecular complexity index is 890. The summed E-state index contributed by atoms with van der Waals surface area (Å²) in [7, 11) is 3.06. The molecule has 0 aliphatic rings. The van der Waals surface area contributed by atoms with Gasteiger partial charge in [-0.1, -0.05) is 0 Å². The van der Waals surface area contributed by atoms with Crippen molar-refractivity contribution in [2.45, 2.75) is 0 Å². The number of methoxy groups -OCH3 is 2. The largest absolute Gasteiger partial charge is 0.493 e. The maximum atomic E-state index is 14.2. The molecule has 25 heavy (non-hydrogen) atoms. The Hall–Kier alpha value is -2.74. The zero-order valence-electron chi connectivity index (χ0n) is 13.5. The van der Waals surface area contributed by atoms with Gasteiger partial charge in [0.25, 0.3) is 0 Å². The van der Waals surface area contributed by atoms with E-state index in [0.29, 0.717) is 22.9 Å². The molecular weight excluding hydrogens is 391 g/mol. The first-order valence-electron chi connectivity index (χ1n) is 7.24. The first kappa shape index (κ1) is 17.1. The van der Waals surface area contributed by atoms with Crippen molar-refractivity contribution in [2.75, 3.05) is 19.5 Å². The lowest BCUT2D eigenvalue weighted by Gasteiger charge is -2.11. The second-order valence-electron chi connectivity index (χ2n) is 4.95. The first-order valence-corrected chi connectivity index (χ1v) is 8.03. The van der Waals surface area contributed by atoms with Crippen LogP contribution >= 0.6 is 15.9 Å². The SMILES string of the molecule is COc1ccc(-c2nc(Nc3ccc(Br)cn3)ncc2F)cc1OC. The molecule has 128 valence electrons. The van der Waals surface area contributed by atoms with Crippen molar-refractivity contribution in [3.8, 4) is 22.8 Å². The van der Waals surface area contributed by atoms with Crippen LogP contribution in [0.1, 0.15) is 0 Å². The van der Waals surface area contributed by atoms with Gasteiger partial charge in [0.05, 0.1) is 20.4 Å². The van der Waals surface area contributed by atoms with E-state index in [0.717, 1.165) is 10.7 Å². The minimum atomic E-state index is -0.540. The molecule has 3 rings (SSSR count). The highest BCUT2D eigenvalue weighted by Gasteiger charge is 2.13. The molecule has 0 fully saturated rings. The van der Waals surface area contributed by atoms with E-state index in [4.69, 9.17) is 9.47 Å². The zero-order chi connectivity index (χ0) is 17.8. The summed E-state index contributed by atoms with van der Waals surface area (Å²) >= 11 is 3.31. The quantitative estimate of drug-likeness (QED) is 0.686. The number of benzene rings is 1. The zero-order valence-corrected chi connectivity index (χ0v) is 15.0. The van der Waals surface area contributed by atoms with Gasteiger partial charge >= 0.3 is 0 Å². The third-order valence-corrected chi connectivity index (χ3v) is 3.84. The van der Waals surface area contributed by atoms with Crippen LogP contribution < -0.4 is 14.8 Å². The van der Waals surface area contributed by atoms with Gasteiger partial charge in [-0.05, 0) is 46.3 Å². The third-order valence-electron chi connectivity index (χ3n) is 3.37. The lowest BCUT2D eigenvalue weighted by molar-refractivity contribution is 0.355. The average Bonchev–Trinajstić information content (AvgIpc) is 2.64. The van der Waals surface area contributed by atoms with Crippen LogP contribution in [0.25, 0.3) is 11.3 Å². The number of halogens is 2. The summed E-state index contributed by atoms with van der Waals surface area (Å²) in [5.74, 6) is 1.29. The molecule has 0 aliphatic carbocycles. The van der Waals surface area contributed by atoms with Gasteiger partial charge in [0.15, 0.2) is 17.3 Å². The summed E-state index contributed by atoms with van der Waals surface area (Å²) in [5, 5.41) is 2.94. The van der Waals surface area contributed by atoms with Crippen molar-refractivity contribution in [1.29, 1.82) is 0 Å². The van der Waals surface area contributed by atoms with Crippen molar-refractivity contribution >= 4 is 27.7 Å². The van der Waals surface area contributed by atoms with E-state index in [9.17, 15) is 4.39 Å². The van der Waals surface area contributed by atoms with Crippen molar-refractivity contribution in [3.63, 3.8) is 0 Å². The molecule has 0 radical (unpaired) electrons. The molecule has 0 saturated heterocycles. The van der Waals surface area contributed by atoms with Gasteiger partial charge in [0.1, 0.15) is 11.5 Å². The van der Waals surface area contributed by atoms with Crippen molar-refractivity contribution in [3.05, 3.63) is 53.0 Å². The van der Waals surface area contributed by atoms with Gasteiger partial charge in [-0.25, -0.2) is 19.3 Å². The molecule has 2 aromatic heterocycles. The van der Waals surface area contributed by atoms with E-state index in [1.54, 1.807) is 30.5 Å². The lowest BCUT2D eigenvalue weighted by atomic mass is 10.1. The van der Waals surface area contributed by atoms with Crippen LogP contribution in [0.5, 0.6) is 11.5 Å². The third kappa shape index (κ3) is 3.85. The highest BCUT2D eigenvalue weighted by molar-refractivity contribution is 9.10. The van der Waals surface area contributed by atoms with Crippen LogP contribution in [0.2, 0.25) is 0 Å². The van der Waals surface area contributed by atoms with E-state index in [1.807, 2.05) is 6.07 Å². The summed E-state index contributed by atoms with van der Waals surface area (Å²) in [6.07, 6.45) is 2.75. The van der Waals surface area contributed by atoms with Crippen LogP contribution in [-0.2, 0) is 0 Å². The average molecular weight is 405 g/mol. The minimum Gasteiger partial charge on any atom is -0.493 e. The predicted octanol–water partition coefficient (Wildman–Crippen LogP) is 4.20. The predicted molar refractivity (Wildman–Crippen MR) is 95.7 cm³/mol. The number of hydrogen-bond donors (Lipinski definition) is 1. The molecule has 2 heterocycles. The van der Waals surface area contributed by atoms with E-state index in [-0.39, 0.29) is 11.6 Å². The molecule has 0 unspecified atom stereocenters. The van der Waals surface area contributed by atoms with Crippen LogP contribution in [0, 0.1) is 5.82 Å². The van der Waals surface area contributed by atoms with Gasteiger partial charge in [-0.3, -0.25) is 0 Å². The molecule has 0 bridgehead atoms. The maximum Gasteiger partial charge on any atom is 0.229 e. The molecule has 6 nitrogen and oxygen atoms in total. The fraction of sp³-hybridized carbons (Fsp3) is 0.118. The van der Waals surface area contributed by atoms with Gasteiger partial charge in [0.2, 0.25) is 5.95 Å². The number of nitrogens with zero attached hydrogens (tertiary/aromatic N) is 3. The summed E-state index contributed by atoms with van der Waals surface area (Å²) in [5.41, 5.74) is 0.694. The molecule has 3 aromatic rings. The Morgan fingerprint density at radius 2 is 1.80 bits per heavy atom. The summed E-state index contributed by atoms with van der Waals surface area (Å²) in [6.45, 7) is 0. The highest BCUT2D eigenvalue weighted by Crippen LogP contribution is 2.32. The number of pyridine rings is 1. The second kappa shape index (κ2) is 7.43. The van der Waals surface area contributed by atoms with E-state index >= 15 is 0 Å². The highest BCUT2D eigenvalue weighted by atomic mass is 79.9. The van der Waals surface area contributed by atoms with Crippen LogP contribution in [0.4, 0.5) is 16.2 Å². The number of hydrogen-bond acceptors (Lipinski definition) is 6. The van der Waals surface area contributed by atoms with Crippen molar-refractivity contribution in [1.82, 2.24) is 15.0 Å². The number of nitrogens with one attached hydrogen (secondary N) is 1. The monoisotopic (exact) mass is 404 g/mol. The summed E-state index contributed by atoms with van der Waals surface area (Å²) < 4.78 is 25.5. The van der Waals surface area contributed by atoms with Gasteiger partial charge < -0.3 is 14.8 Å². The number of aromatic nitrogens is 3. The molecule has 0 aliphatic heterocycles. The lowest BCUT2D eigenvalue weighted by Crippen LogP contribution is -2.02. The van der Waals surface area contributed by atoms with Gasteiger partial charge in [-0.2, -0.15) is 0 Å². The Morgan fingerprint density at radius 3 is 2.48 bits per heavy atom. The topological polar surface area (TPSA) is 69.2 Å². The van der Waals surface area contributed by atoms with Crippen molar-refractivity contribution in [2.24, 2.45) is 0 Å².